The molecule has 130 valence electrons. The Hall–Kier alpha value is -1.00. The number of nitrogens with one attached hydrogen (secondary N) is 1. The van der Waals surface area contributed by atoms with Crippen LogP contribution in [-0.2, 0) is 4.79 Å². The minimum Gasteiger partial charge on any atom is -0.347 e. The molecule has 0 radical (unpaired) electrons. The maximum Gasteiger partial charge on any atom is 0.406 e. The molecule has 9 heteroatoms. The Balaban J connectivity index is 0. The van der Waals surface area contributed by atoms with Crippen molar-refractivity contribution in [2.24, 2.45) is 4.99 Å². The number of aliphatic imine (C=N–C) groups is 1. The van der Waals surface area contributed by atoms with Gasteiger partial charge in [0.25, 0.3) is 0 Å². The highest BCUT2D eigenvalue weighted by Crippen LogP contribution is 2.15. The highest BCUT2D eigenvalue weighted by atomic mass is 127. The van der Waals surface area contributed by atoms with Crippen LogP contribution in [0.4, 0.5) is 13.2 Å². The quantitative estimate of drug-likeness (QED) is 0.219. The van der Waals surface area contributed by atoms with Gasteiger partial charge in [-0.15, -0.1) is 30.6 Å². The molecule has 0 aliphatic rings. The molecule has 0 aliphatic carbocycles. The van der Waals surface area contributed by atoms with Gasteiger partial charge in [0, 0.05) is 27.7 Å². The maximum atomic E-state index is 12.2. The van der Waals surface area contributed by atoms with Crippen LogP contribution >= 0.6 is 24.0 Å². The zero-order valence-electron chi connectivity index (χ0n) is 13.1. The zero-order valence-corrected chi connectivity index (χ0v) is 15.4. The Morgan fingerprint density at radius 1 is 1.32 bits per heavy atom. The average Bonchev–Trinajstić information content (AvgIpc) is 2.37. The summed E-state index contributed by atoms with van der Waals surface area (Å²) in [5.74, 6) is -0.180. The Morgan fingerprint density at radius 3 is 2.36 bits per heavy atom. The molecule has 0 aromatic heterocycles. The summed E-state index contributed by atoms with van der Waals surface area (Å²) in [5, 5.41) is 2.75. The van der Waals surface area contributed by atoms with Crippen molar-refractivity contribution >= 4 is 35.8 Å². The third-order valence-electron chi connectivity index (χ3n) is 2.72. The van der Waals surface area contributed by atoms with Crippen LogP contribution in [0.3, 0.4) is 0 Å². The molecule has 0 aromatic carbocycles. The summed E-state index contributed by atoms with van der Waals surface area (Å²) in [6.45, 7) is 2.84. The van der Waals surface area contributed by atoms with E-state index in [0.29, 0.717) is 17.4 Å². The monoisotopic (exact) mass is 436 g/mol. The lowest BCUT2D eigenvalue weighted by Gasteiger charge is -2.23. The van der Waals surface area contributed by atoms with E-state index in [2.05, 4.69) is 16.9 Å². The number of rotatable bonds is 7. The van der Waals surface area contributed by atoms with E-state index in [0.717, 1.165) is 19.9 Å². The summed E-state index contributed by atoms with van der Waals surface area (Å²) in [5.41, 5.74) is 0. The number of amides is 1. The molecule has 22 heavy (non-hydrogen) atoms. The molecule has 5 nitrogen and oxygen atoms in total. The fourth-order valence-electron chi connectivity index (χ4n) is 1.61. The van der Waals surface area contributed by atoms with Crippen molar-refractivity contribution in [3.8, 4) is 0 Å². The lowest BCUT2D eigenvalue weighted by atomic mass is 10.3. The zero-order chi connectivity index (χ0) is 16.5. The van der Waals surface area contributed by atoms with E-state index >= 15 is 0 Å². The van der Waals surface area contributed by atoms with Crippen molar-refractivity contribution in [2.75, 3.05) is 40.8 Å². The second kappa shape index (κ2) is 11.6. The van der Waals surface area contributed by atoms with Crippen LogP contribution in [0.1, 0.15) is 12.8 Å². The van der Waals surface area contributed by atoms with Gasteiger partial charge in [0.15, 0.2) is 5.96 Å². The van der Waals surface area contributed by atoms with Gasteiger partial charge in [0.05, 0.1) is 6.54 Å². The van der Waals surface area contributed by atoms with Crippen LogP contribution in [0.15, 0.2) is 17.6 Å². The van der Waals surface area contributed by atoms with Crippen LogP contribution in [0.2, 0.25) is 0 Å². The predicted molar refractivity (Wildman–Crippen MR) is 92.5 cm³/mol. The number of likely N-dealkylation sites (N-methyl/N-ethyl adjacent to an activating group) is 1. The molecule has 0 unspecified atom stereocenters. The molecule has 0 bridgehead atoms. The van der Waals surface area contributed by atoms with Gasteiger partial charge in [-0.3, -0.25) is 9.79 Å². The number of unbranched alkanes of at least 4 members (excludes halogenated alkanes) is 1. The van der Waals surface area contributed by atoms with Gasteiger partial charge in [0.2, 0.25) is 5.91 Å². The van der Waals surface area contributed by atoms with E-state index in [1.54, 1.807) is 25.1 Å². The number of halogens is 4. The predicted octanol–water partition coefficient (Wildman–Crippen LogP) is 2.10. The van der Waals surface area contributed by atoms with Crippen LogP contribution in [0.5, 0.6) is 0 Å². The molecule has 1 amide bonds. The topological polar surface area (TPSA) is 47.9 Å². The molecule has 0 saturated carbocycles. The minimum atomic E-state index is -4.40. The summed E-state index contributed by atoms with van der Waals surface area (Å²) in [6, 6.07) is 0. The van der Waals surface area contributed by atoms with Crippen molar-refractivity contribution < 1.29 is 18.0 Å². The van der Waals surface area contributed by atoms with Crippen molar-refractivity contribution in [3.63, 3.8) is 0 Å². The van der Waals surface area contributed by atoms with Gasteiger partial charge < -0.3 is 15.1 Å². The summed E-state index contributed by atoms with van der Waals surface area (Å²) >= 11 is 0. The van der Waals surface area contributed by atoms with Crippen LogP contribution in [0, 0.1) is 0 Å². The number of alkyl halides is 3. The number of guanidine groups is 1. The number of hydrogen-bond donors (Lipinski definition) is 1. The number of carbonyl (C=O) groups excluding carboxylic acids is 1. The van der Waals surface area contributed by atoms with Crippen LogP contribution < -0.4 is 5.32 Å². The molecule has 0 aromatic rings. The molecule has 0 atom stereocenters. The van der Waals surface area contributed by atoms with E-state index in [1.807, 2.05) is 0 Å². The SMILES string of the molecule is C=CCCCN(C)C(=NC)NCC(=O)N(C)CC(F)(F)F.I. The van der Waals surface area contributed by atoms with Gasteiger partial charge in [0.1, 0.15) is 6.54 Å². The summed E-state index contributed by atoms with van der Waals surface area (Å²) in [7, 11) is 4.46. The van der Waals surface area contributed by atoms with Crippen molar-refractivity contribution in [3.05, 3.63) is 12.7 Å². The Morgan fingerprint density at radius 2 is 1.91 bits per heavy atom. The average molecular weight is 436 g/mol. The Labute approximate surface area is 146 Å². The van der Waals surface area contributed by atoms with Gasteiger partial charge in [-0.25, -0.2) is 0 Å². The molecule has 0 spiro atoms. The van der Waals surface area contributed by atoms with Crippen molar-refractivity contribution in [1.82, 2.24) is 15.1 Å². The number of hydrogen-bond acceptors (Lipinski definition) is 2. The highest BCUT2D eigenvalue weighted by molar-refractivity contribution is 14.0. The second-order valence-electron chi connectivity index (χ2n) is 4.62. The number of carbonyl (C=O) groups is 1. The van der Waals surface area contributed by atoms with E-state index in [9.17, 15) is 18.0 Å². The third-order valence-corrected chi connectivity index (χ3v) is 2.72. The van der Waals surface area contributed by atoms with Gasteiger partial charge in [-0.2, -0.15) is 13.2 Å². The Bertz CT molecular complexity index is 375. The molecule has 0 saturated heterocycles. The minimum absolute atomic E-state index is 0. The van der Waals surface area contributed by atoms with Crippen LogP contribution in [0.25, 0.3) is 0 Å². The molecule has 1 N–H and O–H groups in total. The highest BCUT2D eigenvalue weighted by Gasteiger charge is 2.31. The fraction of sp³-hybridized carbons (Fsp3) is 0.692. The summed E-state index contributed by atoms with van der Waals surface area (Å²) < 4.78 is 36.5. The number of nitrogens with zero attached hydrogens (tertiary/aromatic N) is 3. The molecule has 0 fully saturated rings. The first kappa shape index (κ1) is 23.3. The van der Waals surface area contributed by atoms with Crippen LogP contribution in [-0.4, -0.2) is 68.6 Å². The summed E-state index contributed by atoms with van der Waals surface area (Å²) in [4.78, 5) is 18.0. The lowest BCUT2D eigenvalue weighted by Crippen LogP contribution is -2.46. The lowest BCUT2D eigenvalue weighted by molar-refractivity contribution is -0.157. The Kier molecular flexibility index (Phi) is 12.2. The first-order valence-corrected chi connectivity index (χ1v) is 6.54. The molecule has 0 rings (SSSR count). The van der Waals surface area contributed by atoms with E-state index < -0.39 is 18.6 Å². The van der Waals surface area contributed by atoms with Crippen molar-refractivity contribution in [1.29, 1.82) is 0 Å². The standard InChI is InChI=1S/C13H23F3N4O.HI/c1-5-6-7-8-19(3)12(17-2)18-9-11(21)20(4)10-13(14,15)16;/h5H,1,6-10H2,2-4H3,(H,17,18);1H. The molecular formula is C13H24F3IN4O. The summed E-state index contributed by atoms with van der Waals surface area (Å²) in [6.07, 6.45) is -0.857. The van der Waals surface area contributed by atoms with E-state index in [4.69, 9.17) is 0 Å². The van der Waals surface area contributed by atoms with Crippen molar-refractivity contribution in [2.45, 2.75) is 19.0 Å². The smallest absolute Gasteiger partial charge is 0.347 e. The molecule has 0 heterocycles. The third kappa shape index (κ3) is 10.7. The first-order chi connectivity index (χ1) is 9.71. The first-order valence-electron chi connectivity index (χ1n) is 6.54. The van der Waals surface area contributed by atoms with Gasteiger partial charge >= 0.3 is 6.18 Å². The van der Waals surface area contributed by atoms with E-state index in [-0.39, 0.29) is 30.5 Å². The van der Waals surface area contributed by atoms with Gasteiger partial charge in [-0.1, -0.05) is 6.08 Å². The molecule has 0 aliphatic heterocycles. The van der Waals surface area contributed by atoms with E-state index in [1.165, 1.54) is 0 Å². The second-order valence-corrected chi connectivity index (χ2v) is 4.62. The largest absolute Gasteiger partial charge is 0.406 e. The number of allylic oxidation sites excluding steroid dienone is 1. The normalized spacial score (nSPS) is 11.5. The molecular weight excluding hydrogens is 412 g/mol. The van der Waals surface area contributed by atoms with Gasteiger partial charge in [-0.05, 0) is 12.8 Å². The fourth-order valence-corrected chi connectivity index (χ4v) is 1.61. The maximum absolute atomic E-state index is 12.2.